The Labute approximate surface area is 270 Å². The summed E-state index contributed by atoms with van der Waals surface area (Å²) in [5.41, 5.74) is 4.00. The van der Waals surface area contributed by atoms with Gasteiger partial charge in [0.1, 0.15) is 17.6 Å². The zero-order chi connectivity index (χ0) is 32.5. The zero-order valence-corrected chi connectivity index (χ0v) is 26.3. The van der Waals surface area contributed by atoms with Crippen LogP contribution < -0.4 is 0 Å². The van der Waals surface area contributed by atoms with Crippen molar-refractivity contribution < 1.29 is 29.6 Å². The standard InChI is InChI=1S/C31H37ClN8O6/c1-2-3-12-26-33-28(32)27(30(41)38-17-8-11-25(38)31(42)45-18-6-7-19-46-40(43)44)39(26)20-21-13-15-22(16-14-21)23-9-4-5-10-24(23)29-34-36-37-35-29/h4-5,9-10,13-16,25,43-44H,2-3,6-8,11-12,17-20H2,1H3,(H,34,35,36,37)/t25-/m0/s1. The van der Waals surface area contributed by atoms with Crippen molar-refractivity contribution in [1.82, 2.24) is 40.5 Å². The first-order valence-corrected chi connectivity index (χ1v) is 15.7. The number of rotatable bonds is 15. The van der Waals surface area contributed by atoms with Gasteiger partial charge in [0.25, 0.3) is 5.91 Å². The highest BCUT2D eigenvalue weighted by molar-refractivity contribution is 6.32. The molecule has 0 radical (unpaired) electrons. The monoisotopic (exact) mass is 652 g/mol. The second-order valence-electron chi connectivity index (χ2n) is 11.0. The molecule has 14 nitrogen and oxygen atoms in total. The first-order chi connectivity index (χ1) is 22.4. The van der Waals surface area contributed by atoms with Gasteiger partial charge in [-0.1, -0.05) is 73.5 Å². The van der Waals surface area contributed by atoms with Crippen LogP contribution in [0.5, 0.6) is 0 Å². The molecular weight excluding hydrogens is 616 g/mol. The van der Waals surface area contributed by atoms with Gasteiger partial charge in [-0.3, -0.25) is 20.0 Å². The number of aromatic amines is 1. The summed E-state index contributed by atoms with van der Waals surface area (Å²) in [5, 5.41) is 31.4. The maximum atomic E-state index is 14.0. The Kier molecular flexibility index (Phi) is 11.4. The van der Waals surface area contributed by atoms with Gasteiger partial charge in [0, 0.05) is 25.1 Å². The molecule has 0 spiro atoms. The maximum absolute atomic E-state index is 14.0. The molecule has 244 valence electrons. The van der Waals surface area contributed by atoms with E-state index < -0.39 is 12.0 Å². The molecular formula is C31H37ClN8O6. The number of carbonyl (C=O) groups excluding carboxylic acids is 2. The number of unbranched alkanes of at least 4 members (excludes halogenated alkanes) is 2. The lowest BCUT2D eigenvalue weighted by Crippen LogP contribution is -2.42. The normalized spacial score (nSPS) is 14.7. The highest BCUT2D eigenvalue weighted by atomic mass is 35.5. The molecule has 3 heterocycles. The van der Waals surface area contributed by atoms with E-state index in [0.717, 1.165) is 35.1 Å². The molecule has 0 bridgehead atoms. The molecule has 1 fully saturated rings. The second-order valence-corrected chi connectivity index (χ2v) is 11.3. The lowest BCUT2D eigenvalue weighted by molar-refractivity contribution is -0.492. The molecule has 1 amide bonds. The van der Waals surface area contributed by atoms with Crippen molar-refractivity contribution in [3.63, 3.8) is 0 Å². The summed E-state index contributed by atoms with van der Waals surface area (Å²) in [5.74, 6) is 0.381. The summed E-state index contributed by atoms with van der Waals surface area (Å²) in [4.78, 5) is 37.6. The first kappa shape index (κ1) is 33.2. The van der Waals surface area contributed by atoms with Gasteiger partial charge in [-0.25, -0.2) is 9.78 Å². The minimum Gasteiger partial charge on any atom is -0.464 e. The molecule has 3 N–H and O–H groups in total. The number of ether oxygens (including phenoxy) is 1. The van der Waals surface area contributed by atoms with Crippen LogP contribution in [0.4, 0.5) is 0 Å². The molecule has 2 aromatic heterocycles. The van der Waals surface area contributed by atoms with Crippen molar-refractivity contribution in [2.75, 3.05) is 19.8 Å². The van der Waals surface area contributed by atoms with Crippen molar-refractivity contribution in [3.8, 4) is 22.5 Å². The van der Waals surface area contributed by atoms with Crippen LogP contribution in [0.15, 0.2) is 48.5 Å². The quantitative estimate of drug-likeness (QED) is 0.0922. The van der Waals surface area contributed by atoms with Crippen molar-refractivity contribution >= 4 is 23.5 Å². The van der Waals surface area contributed by atoms with Gasteiger partial charge in [-0.2, -0.15) is 5.21 Å². The third-order valence-electron chi connectivity index (χ3n) is 7.86. The minimum atomic E-state index is -0.730. The predicted octanol–water partition coefficient (Wildman–Crippen LogP) is 4.71. The number of aryl methyl sites for hydroxylation is 1. The van der Waals surface area contributed by atoms with Gasteiger partial charge in [-0.15, -0.1) is 10.2 Å². The van der Waals surface area contributed by atoms with Crippen LogP contribution in [0.25, 0.3) is 22.5 Å². The van der Waals surface area contributed by atoms with Gasteiger partial charge in [-0.05, 0) is 54.0 Å². The van der Waals surface area contributed by atoms with Crippen LogP contribution in [0.3, 0.4) is 0 Å². The maximum Gasteiger partial charge on any atom is 0.328 e. The van der Waals surface area contributed by atoms with E-state index in [4.69, 9.17) is 26.8 Å². The topological polar surface area (TPSA) is 172 Å². The van der Waals surface area contributed by atoms with E-state index in [-0.39, 0.29) is 35.4 Å². The molecule has 1 aliphatic heterocycles. The Morgan fingerprint density at radius 3 is 2.54 bits per heavy atom. The largest absolute Gasteiger partial charge is 0.464 e. The summed E-state index contributed by atoms with van der Waals surface area (Å²) in [6.45, 7) is 3.03. The third-order valence-corrected chi connectivity index (χ3v) is 8.12. The molecule has 0 unspecified atom stereocenters. The third kappa shape index (κ3) is 7.95. The summed E-state index contributed by atoms with van der Waals surface area (Å²) in [6.07, 6.45) is 4.53. The number of likely N-dealkylation sites (tertiary alicyclic amines) is 1. The fraction of sp³-hybridized carbons (Fsp3) is 0.419. The molecule has 46 heavy (non-hydrogen) atoms. The van der Waals surface area contributed by atoms with Crippen LogP contribution in [0.1, 0.15) is 67.3 Å². The highest BCUT2D eigenvalue weighted by Crippen LogP contribution is 2.31. The van der Waals surface area contributed by atoms with Gasteiger partial charge in [0.2, 0.25) is 5.82 Å². The Bertz CT molecular complexity index is 1600. The molecule has 0 saturated carbocycles. The number of amides is 1. The predicted molar refractivity (Wildman–Crippen MR) is 166 cm³/mol. The van der Waals surface area contributed by atoms with Gasteiger partial charge in [0.05, 0.1) is 18.6 Å². The van der Waals surface area contributed by atoms with Gasteiger partial charge >= 0.3 is 5.97 Å². The average molecular weight is 653 g/mol. The van der Waals surface area contributed by atoms with Crippen molar-refractivity contribution in [3.05, 3.63) is 70.8 Å². The molecule has 1 saturated heterocycles. The first-order valence-electron chi connectivity index (χ1n) is 15.3. The number of esters is 1. The van der Waals surface area contributed by atoms with E-state index in [0.29, 0.717) is 56.8 Å². The number of hydrogen-bond donors (Lipinski definition) is 3. The zero-order valence-electron chi connectivity index (χ0n) is 25.5. The molecule has 4 aromatic rings. The van der Waals surface area contributed by atoms with E-state index in [1.54, 1.807) is 0 Å². The number of benzene rings is 2. The lowest BCUT2D eigenvalue weighted by Gasteiger charge is -2.24. The highest BCUT2D eigenvalue weighted by Gasteiger charge is 2.38. The summed E-state index contributed by atoms with van der Waals surface area (Å²) >= 11 is 6.66. The Morgan fingerprint density at radius 1 is 1.07 bits per heavy atom. The molecule has 5 rings (SSSR count). The number of nitrogens with one attached hydrogen (secondary N) is 1. The van der Waals surface area contributed by atoms with Crippen LogP contribution in [-0.4, -0.2) is 88.6 Å². The van der Waals surface area contributed by atoms with Crippen LogP contribution in [0, 0.1) is 0 Å². The molecule has 2 aromatic carbocycles. The number of halogens is 1. The van der Waals surface area contributed by atoms with Crippen molar-refractivity contribution in [2.45, 2.75) is 64.5 Å². The van der Waals surface area contributed by atoms with E-state index in [1.807, 2.05) is 53.1 Å². The number of hydrogen-bond acceptors (Lipinski definition) is 11. The number of imidazole rings is 1. The van der Waals surface area contributed by atoms with Gasteiger partial charge < -0.3 is 14.2 Å². The lowest BCUT2D eigenvalue weighted by atomic mass is 9.98. The van der Waals surface area contributed by atoms with Crippen LogP contribution >= 0.6 is 11.6 Å². The molecule has 0 aliphatic carbocycles. The van der Waals surface area contributed by atoms with Crippen LogP contribution in [-0.2, 0) is 27.3 Å². The Balaban J connectivity index is 1.33. The molecule has 15 heteroatoms. The number of aromatic nitrogens is 6. The van der Waals surface area contributed by atoms with E-state index in [2.05, 4.69) is 37.4 Å². The van der Waals surface area contributed by atoms with E-state index in [1.165, 1.54) is 4.90 Å². The van der Waals surface area contributed by atoms with Gasteiger partial charge in [0.15, 0.2) is 5.15 Å². The smallest absolute Gasteiger partial charge is 0.328 e. The number of H-pyrrole nitrogens is 1. The number of tetrazole rings is 1. The van der Waals surface area contributed by atoms with E-state index in [9.17, 15) is 9.59 Å². The molecule has 1 atom stereocenters. The summed E-state index contributed by atoms with van der Waals surface area (Å²) < 4.78 is 7.32. The average Bonchev–Trinajstić information content (AvgIpc) is 3.83. The van der Waals surface area contributed by atoms with Crippen molar-refractivity contribution in [1.29, 1.82) is 0 Å². The fourth-order valence-electron chi connectivity index (χ4n) is 5.55. The minimum absolute atomic E-state index is 0.0533. The number of carbonyl (C=O) groups is 2. The summed E-state index contributed by atoms with van der Waals surface area (Å²) in [6, 6.07) is 15.1. The number of nitrogens with zero attached hydrogens (tertiary/aromatic N) is 7. The second kappa shape index (κ2) is 15.9. The van der Waals surface area contributed by atoms with Crippen LogP contribution in [0.2, 0.25) is 5.15 Å². The molecule has 1 aliphatic rings. The fourth-order valence-corrected chi connectivity index (χ4v) is 5.84. The SMILES string of the molecule is CCCCc1nc(Cl)c(C(=O)N2CCC[C@H]2C(=O)OCCCCON(O)O)n1Cc1ccc(-c2ccccc2-c2nn[nH]n2)cc1. The Morgan fingerprint density at radius 2 is 1.83 bits per heavy atom. The summed E-state index contributed by atoms with van der Waals surface area (Å²) in [7, 11) is 0. The Hall–Kier alpha value is -4.21. The van der Waals surface area contributed by atoms with E-state index >= 15 is 0 Å². The van der Waals surface area contributed by atoms with Crippen molar-refractivity contribution in [2.24, 2.45) is 0 Å².